The number of nitrogens with two attached hydrogens (primary N) is 1. The van der Waals surface area contributed by atoms with E-state index < -0.39 is 5.60 Å². The van der Waals surface area contributed by atoms with Crippen LogP contribution in [0.4, 0.5) is 5.69 Å². The number of aromatic nitrogens is 1. The molecule has 0 aliphatic carbocycles. The van der Waals surface area contributed by atoms with Crippen LogP contribution in [0.3, 0.4) is 0 Å². The molecule has 3 aromatic rings. The summed E-state index contributed by atoms with van der Waals surface area (Å²) in [6.07, 6.45) is 0. The van der Waals surface area contributed by atoms with Crippen LogP contribution < -0.4 is 5.73 Å². The molecule has 0 atom stereocenters. The highest BCUT2D eigenvalue weighted by molar-refractivity contribution is 5.95. The fraction of sp³-hybridized carbons (Fsp3) is 0.158. The van der Waals surface area contributed by atoms with Crippen LogP contribution >= 0.6 is 0 Å². The predicted molar refractivity (Wildman–Crippen MR) is 91.3 cm³/mol. The number of nitrogens with one attached hydrogen (secondary N) is 1. The van der Waals surface area contributed by atoms with Gasteiger partial charge in [-0.15, -0.1) is 0 Å². The molecule has 0 aliphatic heterocycles. The summed E-state index contributed by atoms with van der Waals surface area (Å²) in [6.45, 7) is 3.32. The molecule has 0 saturated heterocycles. The number of fused-ring (bicyclic) bond motifs is 1. The first kappa shape index (κ1) is 14.2. The number of hydrogen-bond donors (Lipinski definition) is 3. The lowest BCUT2D eigenvalue weighted by atomic mass is 10.1. The topological polar surface area (TPSA) is 62.0 Å². The second-order valence-corrected chi connectivity index (χ2v) is 5.89. The summed E-state index contributed by atoms with van der Waals surface area (Å²) in [5, 5.41) is 10.7. The summed E-state index contributed by atoms with van der Waals surface area (Å²) in [5.74, 6) is 5.78. The summed E-state index contributed by atoms with van der Waals surface area (Å²) in [6, 6.07) is 16.0. The maximum atomic E-state index is 9.70. The smallest absolute Gasteiger partial charge is 0.120 e. The standard InChI is InChI=1S/C19H18N2O/c1-19(2,22)9-8-13-10-15-12-17(14-6-4-3-5-7-14)21-18(15)16(20)11-13/h3-7,10-12,21-22H,20H2,1-2H3. The van der Waals surface area contributed by atoms with Crippen molar-refractivity contribution in [3.05, 3.63) is 54.1 Å². The predicted octanol–water partition coefficient (Wildman–Crippen LogP) is 3.54. The molecule has 0 unspecified atom stereocenters. The molecular weight excluding hydrogens is 272 g/mol. The molecule has 3 nitrogen and oxygen atoms in total. The summed E-state index contributed by atoms with van der Waals surface area (Å²) in [4.78, 5) is 3.36. The SMILES string of the molecule is CC(C)(O)C#Cc1cc(N)c2[nH]c(-c3ccccc3)cc2c1. The van der Waals surface area contributed by atoms with Crippen molar-refractivity contribution in [2.24, 2.45) is 0 Å². The molecule has 0 bridgehead atoms. The average Bonchev–Trinajstić information content (AvgIpc) is 2.90. The zero-order valence-corrected chi connectivity index (χ0v) is 12.6. The van der Waals surface area contributed by atoms with Gasteiger partial charge < -0.3 is 15.8 Å². The van der Waals surface area contributed by atoms with Crippen LogP contribution in [-0.2, 0) is 0 Å². The largest absolute Gasteiger partial charge is 0.397 e. The number of H-pyrrole nitrogens is 1. The van der Waals surface area contributed by atoms with E-state index >= 15 is 0 Å². The molecular formula is C19H18N2O. The fourth-order valence-corrected chi connectivity index (χ4v) is 2.34. The lowest BCUT2D eigenvalue weighted by molar-refractivity contribution is 0.143. The molecule has 0 radical (unpaired) electrons. The monoisotopic (exact) mass is 290 g/mol. The molecule has 4 N–H and O–H groups in total. The Morgan fingerprint density at radius 1 is 1.09 bits per heavy atom. The first-order valence-corrected chi connectivity index (χ1v) is 7.16. The van der Waals surface area contributed by atoms with Crippen molar-refractivity contribution in [3.63, 3.8) is 0 Å². The van der Waals surface area contributed by atoms with Crippen LogP contribution in [0.15, 0.2) is 48.5 Å². The third kappa shape index (κ3) is 2.98. The molecule has 110 valence electrons. The number of benzene rings is 2. The number of hydrogen-bond acceptors (Lipinski definition) is 2. The lowest BCUT2D eigenvalue weighted by Crippen LogP contribution is -2.14. The Morgan fingerprint density at radius 2 is 1.82 bits per heavy atom. The number of aliphatic hydroxyl groups is 1. The van der Waals surface area contributed by atoms with Crippen LogP contribution in [0.1, 0.15) is 19.4 Å². The molecule has 0 aliphatic rings. The minimum Gasteiger partial charge on any atom is -0.397 e. The van der Waals surface area contributed by atoms with Crippen molar-refractivity contribution in [1.82, 2.24) is 4.98 Å². The number of anilines is 1. The van der Waals surface area contributed by atoms with Crippen LogP contribution in [-0.4, -0.2) is 15.7 Å². The van der Waals surface area contributed by atoms with Gasteiger partial charge in [0, 0.05) is 16.6 Å². The molecule has 1 heterocycles. The van der Waals surface area contributed by atoms with E-state index in [4.69, 9.17) is 5.73 Å². The van der Waals surface area contributed by atoms with Gasteiger partial charge >= 0.3 is 0 Å². The Hall–Kier alpha value is -2.70. The van der Waals surface area contributed by atoms with E-state index in [2.05, 4.69) is 35.0 Å². The van der Waals surface area contributed by atoms with Crippen molar-refractivity contribution in [2.75, 3.05) is 5.73 Å². The Bertz CT molecular complexity index is 875. The summed E-state index contributed by atoms with van der Waals surface area (Å²) < 4.78 is 0. The maximum Gasteiger partial charge on any atom is 0.120 e. The molecule has 0 saturated carbocycles. The molecule has 2 aromatic carbocycles. The highest BCUT2D eigenvalue weighted by atomic mass is 16.3. The third-order valence-corrected chi connectivity index (χ3v) is 3.36. The van der Waals surface area contributed by atoms with E-state index in [9.17, 15) is 5.11 Å². The summed E-state index contributed by atoms with van der Waals surface area (Å²) >= 11 is 0. The number of rotatable bonds is 1. The number of nitrogen functional groups attached to an aromatic ring is 1. The molecule has 0 spiro atoms. The zero-order valence-electron chi connectivity index (χ0n) is 12.6. The second kappa shape index (κ2) is 5.25. The van der Waals surface area contributed by atoms with Crippen LogP contribution in [0.5, 0.6) is 0 Å². The van der Waals surface area contributed by atoms with Crippen molar-refractivity contribution < 1.29 is 5.11 Å². The van der Waals surface area contributed by atoms with E-state index in [1.54, 1.807) is 13.8 Å². The Balaban J connectivity index is 2.09. The average molecular weight is 290 g/mol. The molecule has 1 aromatic heterocycles. The summed E-state index contributed by atoms with van der Waals surface area (Å²) in [5.41, 5.74) is 9.61. The molecule has 0 amide bonds. The highest BCUT2D eigenvalue weighted by Crippen LogP contribution is 2.28. The van der Waals surface area contributed by atoms with Gasteiger partial charge in [-0.2, -0.15) is 0 Å². The van der Waals surface area contributed by atoms with E-state index in [1.165, 1.54) is 0 Å². The van der Waals surface area contributed by atoms with Gasteiger partial charge in [-0.3, -0.25) is 0 Å². The third-order valence-electron chi connectivity index (χ3n) is 3.36. The molecule has 3 rings (SSSR count). The first-order chi connectivity index (χ1) is 10.4. The Kier molecular flexibility index (Phi) is 3.40. The van der Waals surface area contributed by atoms with E-state index in [0.29, 0.717) is 5.69 Å². The van der Waals surface area contributed by atoms with E-state index in [0.717, 1.165) is 27.7 Å². The quantitative estimate of drug-likeness (QED) is 0.474. The molecule has 3 heteroatoms. The van der Waals surface area contributed by atoms with E-state index in [-0.39, 0.29) is 0 Å². The van der Waals surface area contributed by atoms with Gasteiger partial charge in [0.2, 0.25) is 0 Å². The summed E-state index contributed by atoms with van der Waals surface area (Å²) in [7, 11) is 0. The van der Waals surface area contributed by atoms with Crippen LogP contribution in [0.25, 0.3) is 22.2 Å². The Labute approximate surface area is 129 Å². The van der Waals surface area contributed by atoms with Gasteiger partial charge in [-0.05, 0) is 37.6 Å². The molecule has 0 fully saturated rings. The number of aromatic amines is 1. The normalized spacial score (nSPS) is 11.2. The fourth-order valence-electron chi connectivity index (χ4n) is 2.34. The minimum atomic E-state index is -1.02. The van der Waals surface area contributed by atoms with Gasteiger partial charge in [0.1, 0.15) is 5.60 Å². The van der Waals surface area contributed by atoms with Crippen molar-refractivity contribution in [2.45, 2.75) is 19.4 Å². The zero-order chi connectivity index (χ0) is 15.7. The van der Waals surface area contributed by atoms with Gasteiger partial charge in [0.15, 0.2) is 0 Å². The van der Waals surface area contributed by atoms with E-state index in [1.807, 2.05) is 30.3 Å². The second-order valence-electron chi connectivity index (χ2n) is 5.89. The molecule has 22 heavy (non-hydrogen) atoms. The van der Waals surface area contributed by atoms with Crippen molar-refractivity contribution in [3.8, 4) is 23.1 Å². The van der Waals surface area contributed by atoms with Gasteiger partial charge in [0.25, 0.3) is 0 Å². The first-order valence-electron chi connectivity index (χ1n) is 7.16. The Morgan fingerprint density at radius 3 is 2.50 bits per heavy atom. The van der Waals surface area contributed by atoms with Gasteiger partial charge in [-0.1, -0.05) is 42.2 Å². The van der Waals surface area contributed by atoms with Crippen molar-refractivity contribution >= 4 is 16.6 Å². The van der Waals surface area contributed by atoms with Gasteiger partial charge in [0.05, 0.1) is 11.2 Å². The van der Waals surface area contributed by atoms with Crippen LogP contribution in [0.2, 0.25) is 0 Å². The minimum absolute atomic E-state index is 0.653. The van der Waals surface area contributed by atoms with Crippen molar-refractivity contribution in [1.29, 1.82) is 0 Å². The lowest BCUT2D eigenvalue weighted by Gasteiger charge is -2.06. The highest BCUT2D eigenvalue weighted by Gasteiger charge is 2.08. The van der Waals surface area contributed by atoms with Crippen LogP contribution in [0, 0.1) is 11.8 Å². The van der Waals surface area contributed by atoms with Gasteiger partial charge in [-0.25, -0.2) is 0 Å². The maximum absolute atomic E-state index is 9.70.